The summed E-state index contributed by atoms with van der Waals surface area (Å²) in [4.78, 5) is 14.1. The van der Waals surface area contributed by atoms with Crippen LogP contribution in [0.2, 0.25) is 0 Å². The van der Waals surface area contributed by atoms with Gasteiger partial charge in [-0.05, 0) is 76.6 Å². The normalized spacial score (nSPS) is 11.0. The molecule has 178 valence electrons. The quantitative estimate of drug-likeness (QED) is 0.151. The van der Waals surface area contributed by atoms with E-state index in [1.807, 2.05) is 18.2 Å². The van der Waals surface area contributed by atoms with Gasteiger partial charge in [-0.3, -0.25) is 4.79 Å². The smallest absolute Gasteiger partial charge is 0.423 e. The molecule has 0 aliphatic heterocycles. The lowest BCUT2D eigenvalue weighted by atomic mass is 9.77. The van der Waals surface area contributed by atoms with Crippen LogP contribution in [0.4, 0.5) is 5.69 Å². The molecule has 0 fully saturated rings. The molecular formula is C29H31BN2O3. The molecule has 0 aliphatic carbocycles. The highest BCUT2D eigenvalue weighted by Crippen LogP contribution is 2.32. The second kappa shape index (κ2) is 10.8. The Morgan fingerprint density at radius 3 is 2.37 bits per heavy atom. The molecule has 5 nitrogen and oxygen atoms in total. The predicted molar refractivity (Wildman–Crippen MR) is 146 cm³/mol. The third-order valence-corrected chi connectivity index (χ3v) is 6.44. The summed E-state index contributed by atoms with van der Waals surface area (Å²) < 4.78 is 0. The number of rotatable bonds is 9. The fourth-order valence-electron chi connectivity index (χ4n) is 4.54. The van der Waals surface area contributed by atoms with E-state index in [1.165, 1.54) is 27.1 Å². The Labute approximate surface area is 206 Å². The van der Waals surface area contributed by atoms with Crippen LogP contribution in [0, 0.1) is 6.92 Å². The summed E-state index contributed by atoms with van der Waals surface area (Å²) in [5.41, 5.74) is 4.09. The molecular weight excluding hydrogens is 435 g/mol. The van der Waals surface area contributed by atoms with Gasteiger partial charge in [0, 0.05) is 30.9 Å². The number of carbonyl (C=O) groups excluding carboxylic acids is 1. The van der Waals surface area contributed by atoms with Crippen molar-refractivity contribution < 1.29 is 14.8 Å². The van der Waals surface area contributed by atoms with Gasteiger partial charge < -0.3 is 20.3 Å². The number of benzene rings is 4. The number of anilines is 1. The number of nitrogens with one attached hydrogen (secondary N) is 1. The van der Waals surface area contributed by atoms with Gasteiger partial charge in [0.2, 0.25) is 5.91 Å². The SMILES string of the molecule is C=C(C)C(=O)NCCCN(Cc1ccccc1B(O)O)c1ccc2cc3ccccc3cc2c1C. The molecule has 4 aromatic rings. The Balaban J connectivity index is 1.69. The molecule has 35 heavy (non-hydrogen) atoms. The average molecular weight is 466 g/mol. The fourth-order valence-corrected chi connectivity index (χ4v) is 4.54. The Hall–Kier alpha value is -3.61. The van der Waals surface area contributed by atoms with Crippen LogP contribution < -0.4 is 15.7 Å². The van der Waals surface area contributed by atoms with Gasteiger partial charge in [0.05, 0.1) is 0 Å². The first-order valence-electron chi connectivity index (χ1n) is 11.9. The minimum Gasteiger partial charge on any atom is -0.423 e. The number of amides is 1. The summed E-state index contributed by atoms with van der Waals surface area (Å²) in [6.45, 7) is 9.25. The highest BCUT2D eigenvalue weighted by molar-refractivity contribution is 6.59. The molecule has 0 aromatic heterocycles. The third-order valence-electron chi connectivity index (χ3n) is 6.44. The summed E-state index contributed by atoms with van der Waals surface area (Å²) >= 11 is 0. The summed E-state index contributed by atoms with van der Waals surface area (Å²) in [7, 11) is -1.54. The van der Waals surface area contributed by atoms with Crippen molar-refractivity contribution in [1.82, 2.24) is 5.32 Å². The Morgan fingerprint density at radius 1 is 0.971 bits per heavy atom. The van der Waals surface area contributed by atoms with Crippen molar-refractivity contribution >= 4 is 45.7 Å². The first kappa shape index (κ1) is 24.5. The number of hydrogen-bond acceptors (Lipinski definition) is 4. The van der Waals surface area contributed by atoms with Crippen LogP contribution in [0.15, 0.2) is 84.9 Å². The molecule has 6 heteroatoms. The van der Waals surface area contributed by atoms with Crippen molar-refractivity contribution in [2.45, 2.75) is 26.8 Å². The van der Waals surface area contributed by atoms with Crippen LogP contribution in [0.3, 0.4) is 0 Å². The first-order valence-corrected chi connectivity index (χ1v) is 11.9. The van der Waals surface area contributed by atoms with E-state index >= 15 is 0 Å². The molecule has 0 aliphatic rings. The number of hydrogen-bond donors (Lipinski definition) is 3. The van der Waals surface area contributed by atoms with Crippen LogP contribution in [0.1, 0.15) is 24.5 Å². The lowest BCUT2D eigenvalue weighted by Gasteiger charge is -2.28. The van der Waals surface area contributed by atoms with E-state index in [2.05, 4.69) is 72.3 Å². The zero-order valence-corrected chi connectivity index (χ0v) is 20.3. The van der Waals surface area contributed by atoms with E-state index in [0.717, 1.165) is 17.7 Å². The molecule has 1 amide bonds. The van der Waals surface area contributed by atoms with Crippen LogP contribution in [-0.2, 0) is 11.3 Å². The number of aryl methyl sites for hydroxylation is 1. The monoisotopic (exact) mass is 466 g/mol. The van der Waals surface area contributed by atoms with E-state index in [1.54, 1.807) is 13.0 Å². The average Bonchev–Trinajstić information content (AvgIpc) is 2.85. The van der Waals surface area contributed by atoms with E-state index in [0.29, 0.717) is 30.7 Å². The van der Waals surface area contributed by atoms with Crippen molar-refractivity contribution in [3.05, 3.63) is 96.1 Å². The maximum Gasteiger partial charge on any atom is 0.488 e. The van der Waals surface area contributed by atoms with Crippen molar-refractivity contribution in [3.8, 4) is 0 Å². The summed E-state index contributed by atoms with van der Waals surface area (Å²) in [5.74, 6) is -0.140. The predicted octanol–water partition coefficient (Wildman–Crippen LogP) is 4.07. The van der Waals surface area contributed by atoms with Gasteiger partial charge in [-0.1, -0.05) is 61.2 Å². The van der Waals surface area contributed by atoms with Crippen molar-refractivity contribution in [2.24, 2.45) is 0 Å². The minimum absolute atomic E-state index is 0.140. The second-order valence-corrected chi connectivity index (χ2v) is 9.01. The van der Waals surface area contributed by atoms with Crippen molar-refractivity contribution in [1.29, 1.82) is 0 Å². The maximum absolute atomic E-state index is 11.9. The molecule has 0 radical (unpaired) electrons. The lowest BCUT2D eigenvalue weighted by molar-refractivity contribution is -0.117. The van der Waals surface area contributed by atoms with Gasteiger partial charge in [-0.25, -0.2) is 0 Å². The van der Waals surface area contributed by atoms with E-state index in [9.17, 15) is 14.8 Å². The zero-order valence-electron chi connectivity index (χ0n) is 20.3. The van der Waals surface area contributed by atoms with Gasteiger partial charge in [-0.2, -0.15) is 0 Å². The molecule has 4 rings (SSSR count). The third kappa shape index (κ3) is 5.56. The molecule has 0 spiro atoms. The summed E-state index contributed by atoms with van der Waals surface area (Å²) in [6.07, 6.45) is 0.734. The van der Waals surface area contributed by atoms with Gasteiger partial charge in [-0.15, -0.1) is 0 Å². The van der Waals surface area contributed by atoms with Crippen LogP contribution in [0.25, 0.3) is 21.5 Å². The maximum atomic E-state index is 11.9. The molecule has 4 aromatic carbocycles. The Kier molecular flexibility index (Phi) is 7.54. The van der Waals surface area contributed by atoms with Gasteiger partial charge in [0.25, 0.3) is 0 Å². The molecule has 0 heterocycles. The van der Waals surface area contributed by atoms with Gasteiger partial charge in [0.1, 0.15) is 0 Å². The Bertz CT molecular complexity index is 1380. The largest absolute Gasteiger partial charge is 0.488 e. The fraction of sp³-hybridized carbons (Fsp3) is 0.207. The van der Waals surface area contributed by atoms with Crippen molar-refractivity contribution in [3.63, 3.8) is 0 Å². The molecule has 3 N–H and O–H groups in total. The van der Waals surface area contributed by atoms with Crippen LogP contribution >= 0.6 is 0 Å². The van der Waals surface area contributed by atoms with E-state index < -0.39 is 7.12 Å². The molecule has 0 bridgehead atoms. The molecule has 0 saturated carbocycles. The first-order chi connectivity index (χ1) is 16.8. The van der Waals surface area contributed by atoms with Crippen LogP contribution in [-0.4, -0.2) is 36.2 Å². The van der Waals surface area contributed by atoms with Gasteiger partial charge in [0.15, 0.2) is 0 Å². The summed E-state index contributed by atoms with van der Waals surface area (Å²) in [6, 6.07) is 24.5. The molecule has 0 unspecified atom stereocenters. The highest BCUT2D eigenvalue weighted by atomic mass is 16.4. The van der Waals surface area contributed by atoms with Gasteiger partial charge >= 0.3 is 7.12 Å². The minimum atomic E-state index is -1.54. The standard InChI is InChI=1S/C29H31BN2O3/c1-20(2)29(33)31-15-8-16-32(19-25-11-6-7-12-27(25)30(34)35)28-14-13-24-17-22-9-4-5-10-23(22)18-26(24)21(28)3/h4-7,9-14,17-18,34-35H,1,8,15-16,19H2,2-3H3,(H,31,33). The molecule has 0 saturated heterocycles. The number of nitrogens with zero attached hydrogens (tertiary/aromatic N) is 1. The van der Waals surface area contributed by atoms with Crippen LogP contribution in [0.5, 0.6) is 0 Å². The van der Waals surface area contributed by atoms with E-state index in [-0.39, 0.29) is 5.91 Å². The number of fused-ring (bicyclic) bond motifs is 2. The number of carbonyl (C=O) groups is 1. The zero-order chi connectivity index (χ0) is 24.9. The van der Waals surface area contributed by atoms with Crippen molar-refractivity contribution in [2.75, 3.05) is 18.0 Å². The lowest BCUT2D eigenvalue weighted by Crippen LogP contribution is -2.37. The summed E-state index contributed by atoms with van der Waals surface area (Å²) in [5, 5.41) is 27.5. The van der Waals surface area contributed by atoms with E-state index in [4.69, 9.17) is 0 Å². The highest BCUT2D eigenvalue weighted by Gasteiger charge is 2.19. The molecule has 0 atom stereocenters. The Morgan fingerprint density at radius 2 is 1.66 bits per heavy atom. The topological polar surface area (TPSA) is 72.8 Å². The second-order valence-electron chi connectivity index (χ2n) is 9.01.